The smallest absolute Gasteiger partial charge is 0.269 e. The number of H-pyrrole nitrogens is 1. The van der Waals surface area contributed by atoms with Crippen LogP contribution >= 0.6 is 0 Å². The van der Waals surface area contributed by atoms with Gasteiger partial charge in [0.05, 0.1) is 4.92 Å². The fourth-order valence-corrected chi connectivity index (χ4v) is 3.73. The molecule has 1 N–H and O–H groups in total. The van der Waals surface area contributed by atoms with E-state index in [0.717, 1.165) is 18.4 Å². The van der Waals surface area contributed by atoms with E-state index in [2.05, 4.69) is 23.3 Å². The third kappa shape index (κ3) is 2.94. The predicted molar refractivity (Wildman–Crippen MR) is 99.3 cm³/mol. The Morgan fingerprint density at radius 3 is 2.46 bits per heavy atom. The molecular formula is C20H19N3O3. The molecule has 0 radical (unpaired) electrons. The van der Waals surface area contributed by atoms with Gasteiger partial charge in [-0.25, -0.2) is 0 Å². The van der Waals surface area contributed by atoms with Crippen molar-refractivity contribution >= 4 is 22.5 Å². The molecule has 132 valence electrons. The van der Waals surface area contributed by atoms with Crippen molar-refractivity contribution in [1.29, 1.82) is 0 Å². The first kappa shape index (κ1) is 16.3. The number of fused-ring (bicyclic) bond motifs is 1. The SMILES string of the molecule is O=C(c1ccc([N+](=O)[O-])cc1)N1CCC(c2c[nH]c3ccccc23)CC1. The predicted octanol–water partition coefficient (Wildman–Crippen LogP) is 4.10. The molecule has 2 heterocycles. The molecule has 1 aliphatic rings. The highest BCUT2D eigenvalue weighted by Gasteiger charge is 2.26. The minimum absolute atomic E-state index is 0.000376. The van der Waals surface area contributed by atoms with Crippen LogP contribution in [0.25, 0.3) is 10.9 Å². The van der Waals surface area contributed by atoms with Gasteiger partial charge in [-0.3, -0.25) is 14.9 Å². The number of piperidine rings is 1. The van der Waals surface area contributed by atoms with Gasteiger partial charge in [0.15, 0.2) is 0 Å². The quantitative estimate of drug-likeness (QED) is 0.571. The number of carbonyl (C=O) groups is 1. The number of nitro groups is 1. The number of aromatic amines is 1. The van der Waals surface area contributed by atoms with Gasteiger partial charge in [0.2, 0.25) is 0 Å². The molecule has 1 aromatic heterocycles. The van der Waals surface area contributed by atoms with Crippen LogP contribution in [0.4, 0.5) is 5.69 Å². The van der Waals surface area contributed by atoms with Gasteiger partial charge in [-0.05, 0) is 42.5 Å². The first-order valence-corrected chi connectivity index (χ1v) is 8.73. The van der Waals surface area contributed by atoms with Crippen LogP contribution in [0.15, 0.2) is 54.7 Å². The summed E-state index contributed by atoms with van der Waals surface area (Å²) < 4.78 is 0. The number of rotatable bonds is 3. The summed E-state index contributed by atoms with van der Waals surface area (Å²) in [4.78, 5) is 28.1. The molecule has 4 rings (SSSR count). The van der Waals surface area contributed by atoms with Gasteiger partial charge in [0, 0.05) is 47.9 Å². The summed E-state index contributed by atoms with van der Waals surface area (Å²) in [6.07, 6.45) is 3.92. The molecule has 6 heteroatoms. The van der Waals surface area contributed by atoms with Crippen LogP contribution in [0.3, 0.4) is 0 Å². The highest BCUT2D eigenvalue weighted by molar-refractivity contribution is 5.94. The van der Waals surface area contributed by atoms with E-state index in [1.54, 1.807) is 0 Å². The van der Waals surface area contributed by atoms with Crippen LogP contribution in [0, 0.1) is 10.1 Å². The van der Waals surface area contributed by atoms with Gasteiger partial charge in [-0.15, -0.1) is 0 Å². The molecule has 2 aromatic carbocycles. The molecule has 0 bridgehead atoms. The van der Waals surface area contributed by atoms with E-state index in [0.29, 0.717) is 24.6 Å². The molecule has 3 aromatic rings. The lowest BCUT2D eigenvalue weighted by Crippen LogP contribution is -2.37. The van der Waals surface area contributed by atoms with Gasteiger partial charge in [0.25, 0.3) is 11.6 Å². The summed E-state index contributed by atoms with van der Waals surface area (Å²) >= 11 is 0. The van der Waals surface area contributed by atoms with Gasteiger partial charge in [-0.1, -0.05) is 18.2 Å². The van der Waals surface area contributed by atoms with Crippen molar-refractivity contribution in [2.75, 3.05) is 13.1 Å². The second-order valence-corrected chi connectivity index (χ2v) is 6.66. The fraction of sp³-hybridized carbons (Fsp3) is 0.250. The van der Waals surface area contributed by atoms with Crippen molar-refractivity contribution < 1.29 is 9.72 Å². The minimum atomic E-state index is -0.457. The highest BCUT2D eigenvalue weighted by Crippen LogP contribution is 2.33. The van der Waals surface area contributed by atoms with E-state index in [1.807, 2.05) is 17.0 Å². The third-order valence-corrected chi connectivity index (χ3v) is 5.17. The number of nitro benzene ring substituents is 1. The largest absolute Gasteiger partial charge is 0.361 e. The Hall–Kier alpha value is -3.15. The summed E-state index contributed by atoms with van der Waals surface area (Å²) in [5.74, 6) is 0.379. The molecule has 1 saturated heterocycles. The maximum Gasteiger partial charge on any atom is 0.269 e. The highest BCUT2D eigenvalue weighted by atomic mass is 16.6. The number of hydrogen-bond donors (Lipinski definition) is 1. The molecule has 1 aliphatic heterocycles. The topological polar surface area (TPSA) is 79.2 Å². The van der Waals surface area contributed by atoms with E-state index in [4.69, 9.17) is 0 Å². The standard InChI is InChI=1S/C20H19N3O3/c24-20(15-5-7-16(8-6-15)23(25)26)22-11-9-14(10-12-22)18-13-21-19-4-2-1-3-17(18)19/h1-8,13-14,21H,9-12H2. The fourth-order valence-electron chi connectivity index (χ4n) is 3.73. The molecular weight excluding hydrogens is 330 g/mol. The molecule has 26 heavy (non-hydrogen) atoms. The number of nitrogens with one attached hydrogen (secondary N) is 1. The van der Waals surface area contributed by atoms with Gasteiger partial charge < -0.3 is 9.88 Å². The minimum Gasteiger partial charge on any atom is -0.361 e. The average Bonchev–Trinajstić information content (AvgIpc) is 3.12. The summed E-state index contributed by atoms with van der Waals surface area (Å²) in [5.41, 5.74) is 2.97. The molecule has 0 unspecified atom stereocenters. The van der Waals surface area contributed by atoms with Crippen LogP contribution in [0.2, 0.25) is 0 Å². The molecule has 1 amide bonds. The molecule has 1 fully saturated rings. The molecule has 6 nitrogen and oxygen atoms in total. The Kier molecular flexibility index (Phi) is 4.16. The van der Waals surface area contributed by atoms with Crippen LogP contribution in [0.5, 0.6) is 0 Å². The number of likely N-dealkylation sites (tertiary alicyclic amines) is 1. The summed E-state index contributed by atoms with van der Waals surface area (Å²) in [7, 11) is 0. The van der Waals surface area contributed by atoms with Gasteiger partial charge in [0.1, 0.15) is 0 Å². The second-order valence-electron chi connectivity index (χ2n) is 6.66. The number of aromatic nitrogens is 1. The monoisotopic (exact) mass is 349 g/mol. The molecule has 0 saturated carbocycles. The van der Waals surface area contributed by atoms with E-state index < -0.39 is 4.92 Å². The van der Waals surface area contributed by atoms with Crippen molar-refractivity contribution in [3.8, 4) is 0 Å². The molecule has 0 spiro atoms. The Labute approximate surface area is 150 Å². The van der Waals surface area contributed by atoms with Crippen molar-refractivity contribution in [2.24, 2.45) is 0 Å². The number of para-hydroxylation sites is 1. The van der Waals surface area contributed by atoms with E-state index in [1.165, 1.54) is 35.2 Å². The lowest BCUT2D eigenvalue weighted by Gasteiger charge is -2.32. The Balaban J connectivity index is 1.44. The number of hydrogen-bond acceptors (Lipinski definition) is 3. The van der Waals surface area contributed by atoms with Crippen LogP contribution < -0.4 is 0 Å². The van der Waals surface area contributed by atoms with Crippen molar-refractivity contribution in [3.63, 3.8) is 0 Å². The average molecular weight is 349 g/mol. The van der Waals surface area contributed by atoms with E-state index in [9.17, 15) is 14.9 Å². The first-order valence-electron chi connectivity index (χ1n) is 8.73. The van der Waals surface area contributed by atoms with Crippen LogP contribution in [0.1, 0.15) is 34.7 Å². The maximum absolute atomic E-state index is 12.6. The Morgan fingerprint density at radius 2 is 1.77 bits per heavy atom. The zero-order valence-electron chi connectivity index (χ0n) is 14.2. The lowest BCUT2D eigenvalue weighted by molar-refractivity contribution is -0.384. The summed E-state index contributed by atoms with van der Waals surface area (Å²) in [5, 5.41) is 12.0. The Morgan fingerprint density at radius 1 is 1.08 bits per heavy atom. The zero-order chi connectivity index (χ0) is 18.1. The van der Waals surface area contributed by atoms with Crippen LogP contribution in [-0.2, 0) is 0 Å². The number of nitrogens with zero attached hydrogens (tertiary/aromatic N) is 2. The third-order valence-electron chi connectivity index (χ3n) is 5.17. The lowest BCUT2D eigenvalue weighted by atomic mass is 9.89. The second kappa shape index (κ2) is 6.63. The first-order chi connectivity index (χ1) is 12.6. The van der Waals surface area contributed by atoms with Gasteiger partial charge >= 0.3 is 0 Å². The zero-order valence-corrected chi connectivity index (χ0v) is 14.2. The maximum atomic E-state index is 12.6. The number of non-ortho nitro benzene ring substituents is 1. The number of carbonyl (C=O) groups excluding carboxylic acids is 1. The summed E-state index contributed by atoms with van der Waals surface area (Å²) in [6, 6.07) is 14.1. The van der Waals surface area contributed by atoms with Crippen LogP contribution in [-0.4, -0.2) is 33.8 Å². The van der Waals surface area contributed by atoms with Crippen molar-refractivity contribution in [1.82, 2.24) is 9.88 Å². The molecule has 0 atom stereocenters. The van der Waals surface area contributed by atoms with Crippen molar-refractivity contribution in [3.05, 3.63) is 76.0 Å². The Bertz CT molecular complexity index is 954. The number of amides is 1. The normalized spacial score (nSPS) is 15.3. The van der Waals surface area contributed by atoms with Gasteiger partial charge in [-0.2, -0.15) is 0 Å². The number of benzene rings is 2. The van der Waals surface area contributed by atoms with E-state index >= 15 is 0 Å². The summed E-state index contributed by atoms with van der Waals surface area (Å²) in [6.45, 7) is 1.39. The van der Waals surface area contributed by atoms with Crippen molar-refractivity contribution in [2.45, 2.75) is 18.8 Å². The van der Waals surface area contributed by atoms with E-state index in [-0.39, 0.29) is 11.6 Å². The molecule has 0 aliphatic carbocycles.